The summed E-state index contributed by atoms with van der Waals surface area (Å²) in [4.78, 5) is 0. The summed E-state index contributed by atoms with van der Waals surface area (Å²) in [6.07, 6.45) is 1.57. The minimum Gasteiger partial charge on any atom is -0.496 e. The molecule has 0 N–H and O–H groups in total. The highest BCUT2D eigenvalue weighted by atomic mass is 16.5. The van der Waals surface area contributed by atoms with Crippen LogP contribution in [0.3, 0.4) is 0 Å². The lowest BCUT2D eigenvalue weighted by Gasteiger charge is -2.12. The molecule has 0 spiro atoms. The van der Waals surface area contributed by atoms with Crippen molar-refractivity contribution in [1.29, 1.82) is 0 Å². The molecule has 0 saturated heterocycles. The summed E-state index contributed by atoms with van der Waals surface area (Å²) in [5, 5.41) is 3.67. The molecule has 5 nitrogen and oxygen atoms in total. The first-order valence-corrected chi connectivity index (χ1v) is 5.01. The van der Waals surface area contributed by atoms with Crippen LogP contribution in [0, 0.1) is 0 Å². The lowest BCUT2D eigenvalue weighted by Crippen LogP contribution is -1.94. The van der Waals surface area contributed by atoms with Crippen LogP contribution >= 0.6 is 0 Å². The van der Waals surface area contributed by atoms with Gasteiger partial charge in [0.05, 0.1) is 33.1 Å². The molecule has 0 saturated carbocycles. The maximum atomic E-state index is 5.29. The molecule has 0 atom stereocenters. The Bertz CT molecular complexity index is 493. The first kappa shape index (κ1) is 11.3. The predicted octanol–water partition coefficient (Wildman–Crippen LogP) is 2.37. The van der Waals surface area contributed by atoms with Gasteiger partial charge in [-0.15, -0.1) is 0 Å². The third-order valence-electron chi connectivity index (χ3n) is 2.41. The van der Waals surface area contributed by atoms with Gasteiger partial charge in [0.2, 0.25) is 0 Å². The normalized spacial score (nSPS) is 10.1. The van der Waals surface area contributed by atoms with Gasteiger partial charge in [0, 0.05) is 12.1 Å². The molecule has 90 valence electrons. The molecule has 2 aromatic rings. The highest BCUT2D eigenvalue weighted by Crippen LogP contribution is 2.39. The summed E-state index contributed by atoms with van der Waals surface area (Å²) >= 11 is 0. The summed E-state index contributed by atoms with van der Waals surface area (Å²) in [6, 6.07) is 5.29. The van der Waals surface area contributed by atoms with Crippen LogP contribution in [-0.4, -0.2) is 26.5 Å². The van der Waals surface area contributed by atoms with Crippen molar-refractivity contribution in [3.8, 4) is 28.6 Å². The van der Waals surface area contributed by atoms with E-state index in [4.69, 9.17) is 18.7 Å². The number of rotatable bonds is 4. The van der Waals surface area contributed by atoms with Crippen molar-refractivity contribution in [2.24, 2.45) is 0 Å². The molecular weight excluding hydrogens is 222 g/mol. The molecule has 0 radical (unpaired) electrons. The molecule has 17 heavy (non-hydrogen) atoms. The Kier molecular flexibility index (Phi) is 3.18. The molecule has 1 aromatic heterocycles. The number of nitrogens with zero attached hydrogens (tertiary/aromatic N) is 1. The first-order chi connectivity index (χ1) is 8.30. The van der Waals surface area contributed by atoms with Crippen molar-refractivity contribution in [2.45, 2.75) is 0 Å². The van der Waals surface area contributed by atoms with Crippen LogP contribution in [0.15, 0.2) is 28.9 Å². The molecule has 1 heterocycles. The minimum atomic E-state index is 0.604. The Morgan fingerprint density at radius 1 is 0.941 bits per heavy atom. The van der Waals surface area contributed by atoms with Crippen molar-refractivity contribution in [3.05, 3.63) is 24.4 Å². The van der Waals surface area contributed by atoms with Gasteiger partial charge < -0.3 is 18.7 Å². The molecule has 2 rings (SSSR count). The van der Waals surface area contributed by atoms with Gasteiger partial charge in [-0.3, -0.25) is 0 Å². The molecule has 1 aromatic carbocycles. The molecule has 0 aliphatic rings. The SMILES string of the molecule is COc1cc(OC)c(-c2ccno2)cc1OC. The fourth-order valence-corrected chi connectivity index (χ4v) is 1.58. The van der Waals surface area contributed by atoms with E-state index >= 15 is 0 Å². The number of benzene rings is 1. The van der Waals surface area contributed by atoms with Gasteiger partial charge in [-0.2, -0.15) is 0 Å². The van der Waals surface area contributed by atoms with Gasteiger partial charge in [-0.1, -0.05) is 5.16 Å². The van der Waals surface area contributed by atoms with Crippen LogP contribution in [0.5, 0.6) is 17.2 Å². The van der Waals surface area contributed by atoms with E-state index in [2.05, 4.69) is 5.16 Å². The van der Waals surface area contributed by atoms with E-state index < -0.39 is 0 Å². The average molecular weight is 235 g/mol. The summed E-state index contributed by atoms with van der Waals surface area (Å²) in [7, 11) is 4.74. The molecule has 0 aliphatic heterocycles. The van der Waals surface area contributed by atoms with Gasteiger partial charge in [0.15, 0.2) is 17.3 Å². The van der Waals surface area contributed by atoms with Gasteiger partial charge in [-0.05, 0) is 6.07 Å². The topological polar surface area (TPSA) is 53.7 Å². The van der Waals surface area contributed by atoms with E-state index in [1.165, 1.54) is 0 Å². The fourth-order valence-electron chi connectivity index (χ4n) is 1.58. The first-order valence-electron chi connectivity index (χ1n) is 5.01. The highest BCUT2D eigenvalue weighted by molar-refractivity contribution is 5.70. The smallest absolute Gasteiger partial charge is 0.170 e. The van der Waals surface area contributed by atoms with Crippen molar-refractivity contribution in [1.82, 2.24) is 5.16 Å². The quantitative estimate of drug-likeness (QED) is 0.814. The zero-order valence-corrected chi connectivity index (χ0v) is 9.89. The maximum Gasteiger partial charge on any atom is 0.170 e. The Morgan fingerprint density at radius 3 is 2.12 bits per heavy atom. The second kappa shape index (κ2) is 4.78. The van der Waals surface area contributed by atoms with Gasteiger partial charge in [-0.25, -0.2) is 0 Å². The number of hydrogen-bond donors (Lipinski definition) is 0. The number of methoxy groups -OCH3 is 3. The summed E-state index contributed by atoms with van der Waals surface area (Å²) in [6.45, 7) is 0. The highest BCUT2D eigenvalue weighted by Gasteiger charge is 2.15. The van der Waals surface area contributed by atoms with E-state index in [9.17, 15) is 0 Å². The van der Waals surface area contributed by atoms with Crippen LogP contribution < -0.4 is 14.2 Å². The molecule has 0 fully saturated rings. The standard InChI is InChI=1S/C12H13NO4/c1-14-10-7-12(16-3)11(15-2)6-8(10)9-4-5-13-17-9/h4-7H,1-3H3. The Hall–Kier alpha value is -2.17. The zero-order valence-electron chi connectivity index (χ0n) is 9.89. The van der Waals surface area contributed by atoms with E-state index in [0.29, 0.717) is 23.0 Å². The van der Waals surface area contributed by atoms with E-state index in [1.807, 2.05) is 0 Å². The number of ether oxygens (including phenoxy) is 3. The number of aromatic nitrogens is 1. The second-order valence-electron chi connectivity index (χ2n) is 3.28. The van der Waals surface area contributed by atoms with Crippen molar-refractivity contribution >= 4 is 0 Å². The third kappa shape index (κ3) is 2.04. The molecule has 0 bridgehead atoms. The van der Waals surface area contributed by atoms with E-state index in [1.54, 1.807) is 45.7 Å². The van der Waals surface area contributed by atoms with E-state index in [0.717, 1.165) is 5.56 Å². The van der Waals surface area contributed by atoms with Crippen LogP contribution in [0.25, 0.3) is 11.3 Å². The molecule has 5 heteroatoms. The second-order valence-corrected chi connectivity index (χ2v) is 3.28. The molecule has 0 amide bonds. The summed E-state index contributed by atoms with van der Waals surface area (Å²) in [5.74, 6) is 2.47. The van der Waals surface area contributed by atoms with Gasteiger partial charge in [0.1, 0.15) is 5.75 Å². The summed E-state index contributed by atoms with van der Waals surface area (Å²) in [5.41, 5.74) is 0.766. The Morgan fingerprint density at radius 2 is 1.59 bits per heavy atom. The maximum absolute atomic E-state index is 5.29. The predicted molar refractivity (Wildman–Crippen MR) is 61.6 cm³/mol. The van der Waals surface area contributed by atoms with Gasteiger partial charge in [0.25, 0.3) is 0 Å². The van der Waals surface area contributed by atoms with Crippen LogP contribution in [0.4, 0.5) is 0 Å². The van der Waals surface area contributed by atoms with E-state index in [-0.39, 0.29) is 0 Å². The minimum absolute atomic E-state index is 0.604. The third-order valence-corrected chi connectivity index (χ3v) is 2.41. The van der Waals surface area contributed by atoms with Crippen molar-refractivity contribution < 1.29 is 18.7 Å². The van der Waals surface area contributed by atoms with Crippen LogP contribution in [0.2, 0.25) is 0 Å². The van der Waals surface area contributed by atoms with Crippen molar-refractivity contribution in [3.63, 3.8) is 0 Å². The number of hydrogen-bond acceptors (Lipinski definition) is 5. The van der Waals surface area contributed by atoms with Crippen molar-refractivity contribution in [2.75, 3.05) is 21.3 Å². The largest absolute Gasteiger partial charge is 0.496 e. The Labute approximate surface area is 98.9 Å². The zero-order chi connectivity index (χ0) is 12.3. The van der Waals surface area contributed by atoms with Crippen LogP contribution in [-0.2, 0) is 0 Å². The Balaban J connectivity index is 2.58. The molecular formula is C12H13NO4. The molecule has 0 unspecified atom stereocenters. The average Bonchev–Trinajstić information content (AvgIpc) is 2.90. The van der Waals surface area contributed by atoms with Gasteiger partial charge >= 0.3 is 0 Å². The molecule has 0 aliphatic carbocycles. The lowest BCUT2D eigenvalue weighted by molar-refractivity contribution is 0.348. The monoisotopic (exact) mass is 235 g/mol. The summed E-state index contributed by atoms with van der Waals surface area (Å²) < 4.78 is 20.8. The fraction of sp³-hybridized carbons (Fsp3) is 0.250. The van der Waals surface area contributed by atoms with Crippen LogP contribution in [0.1, 0.15) is 0 Å². The lowest BCUT2D eigenvalue weighted by atomic mass is 10.1.